The minimum Gasteiger partial charge on any atom is -0.381 e. The fraction of sp³-hybridized carbons (Fsp3) is 0.474. The van der Waals surface area contributed by atoms with Gasteiger partial charge in [0.05, 0.1) is 6.61 Å². The third-order valence-electron chi connectivity index (χ3n) is 4.50. The van der Waals surface area contributed by atoms with Crippen LogP contribution in [0.5, 0.6) is 0 Å². The molecule has 2 heteroatoms. The van der Waals surface area contributed by atoms with Gasteiger partial charge in [-0.1, -0.05) is 49.4 Å². The number of benzene rings is 2. The van der Waals surface area contributed by atoms with Crippen molar-refractivity contribution < 1.29 is 4.74 Å². The lowest BCUT2D eigenvalue weighted by molar-refractivity contribution is 0.0396. The molecule has 1 N–H and O–H groups in total. The van der Waals surface area contributed by atoms with Crippen LogP contribution in [-0.2, 0) is 11.2 Å². The highest BCUT2D eigenvalue weighted by molar-refractivity contribution is 5.82. The number of rotatable bonds is 5. The maximum absolute atomic E-state index is 5.68. The van der Waals surface area contributed by atoms with Crippen molar-refractivity contribution in [2.45, 2.75) is 32.2 Å². The van der Waals surface area contributed by atoms with Gasteiger partial charge in [0.1, 0.15) is 0 Å². The van der Waals surface area contributed by atoms with Crippen LogP contribution in [0.3, 0.4) is 0 Å². The summed E-state index contributed by atoms with van der Waals surface area (Å²) in [5.41, 5.74) is 1.42. The quantitative estimate of drug-likeness (QED) is 0.901. The average Bonchev–Trinajstić information content (AvgIpc) is 2.55. The Morgan fingerprint density at radius 2 is 2.05 bits per heavy atom. The highest BCUT2D eigenvalue weighted by Gasteiger charge is 2.23. The third-order valence-corrected chi connectivity index (χ3v) is 4.50. The van der Waals surface area contributed by atoms with Gasteiger partial charge in [-0.25, -0.2) is 0 Å². The average molecular weight is 283 g/mol. The van der Waals surface area contributed by atoms with Crippen molar-refractivity contribution in [1.82, 2.24) is 5.32 Å². The first-order valence-electron chi connectivity index (χ1n) is 8.15. The first kappa shape index (κ1) is 14.6. The van der Waals surface area contributed by atoms with Crippen LogP contribution < -0.4 is 5.32 Å². The van der Waals surface area contributed by atoms with Crippen molar-refractivity contribution in [3.8, 4) is 0 Å². The number of likely N-dealkylation sites (N-methyl/N-ethyl adjacent to an activating group) is 1. The summed E-state index contributed by atoms with van der Waals surface area (Å²) in [6.45, 7) is 5.06. The normalized spacial score (nSPS) is 20.5. The molecule has 0 radical (unpaired) electrons. The molecule has 1 aliphatic heterocycles. The van der Waals surface area contributed by atoms with E-state index < -0.39 is 0 Å². The van der Waals surface area contributed by atoms with Gasteiger partial charge in [-0.05, 0) is 48.1 Å². The summed E-state index contributed by atoms with van der Waals surface area (Å²) < 4.78 is 5.68. The second-order valence-electron chi connectivity index (χ2n) is 6.03. The molecule has 1 saturated heterocycles. The van der Waals surface area contributed by atoms with Gasteiger partial charge in [0.25, 0.3) is 0 Å². The van der Waals surface area contributed by atoms with Crippen molar-refractivity contribution >= 4 is 10.8 Å². The standard InChI is InChI=1S/C19H25NO/c1-2-20-19(18-8-5-11-21-14-18)13-15-9-10-16-6-3-4-7-17(16)12-15/h3-4,6-7,9-10,12,18-20H,2,5,8,11,13-14H2,1H3. The van der Waals surface area contributed by atoms with Gasteiger partial charge >= 0.3 is 0 Å². The molecule has 1 aliphatic rings. The molecule has 2 unspecified atom stereocenters. The number of fused-ring (bicyclic) bond motifs is 1. The van der Waals surface area contributed by atoms with Crippen LogP contribution in [0.15, 0.2) is 42.5 Å². The van der Waals surface area contributed by atoms with Gasteiger partial charge in [0.15, 0.2) is 0 Å². The molecule has 112 valence electrons. The molecule has 0 bridgehead atoms. The van der Waals surface area contributed by atoms with E-state index in [2.05, 4.69) is 54.7 Å². The van der Waals surface area contributed by atoms with Crippen LogP contribution in [0.2, 0.25) is 0 Å². The molecule has 0 aromatic heterocycles. The monoisotopic (exact) mass is 283 g/mol. The summed E-state index contributed by atoms with van der Waals surface area (Å²) in [5.74, 6) is 0.644. The number of nitrogens with one attached hydrogen (secondary N) is 1. The van der Waals surface area contributed by atoms with Crippen LogP contribution >= 0.6 is 0 Å². The molecule has 2 atom stereocenters. The lowest BCUT2D eigenvalue weighted by Crippen LogP contribution is -2.41. The molecular formula is C19H25NO. The molecule has 1 heterocycles. The smallest absolute Gasteiger partial charge is 0.0509 e. The van der Waals surface area contributed by atoms with E-state index in [0.29, 0.717) is 12.0 Å². The van der Waals surface area contributed by atoms with Gasteiger partial charge in [0, 0.05) is 12.6 Å². The van der Waals surface area contributed by atoms with Crippen LogP contribution in [0.25, 0.3) is 10.8 Å². The highest BCUT2D eigenvalue weighted by atomic mass is 16.5. The number of ether oxygens (including phenoxy) is 1. The van der Waals surface area contributed by atoms with Crippen LogP contribution in [0.1, 0.15) is 25.3 Å². The van der Waals surface area contributed by atoms with Crippen molar-refractivity contribution in [1.29, 1.82) is 0 Å². The third kappa shape index (κ3) is 3.63. The van der Waals surface area contributed by atoms with Crippen LogP contribution in [0, 0.1) is 5.92 Å². The first-order chi connectivity index (χ1) is 10.4. The Balaban J connectivity index is 1.76. The van der Waals surface area contributed by atoms with Crippen molar-refractivity contribution in [2.24, 2.45) is 5.92 Å². The Morgan fingerprint density at radius 3 is 2.81 bits per heavy atom. The minimum absolute atomic E-state index is 0.525. The van der Waals surface area contributed by atoms with E-state index in [0.717, 1.165) is 26.2 Å². The Kier molecular flexibility index (Phi) is 4.89. The van der Waals surface area contributed by atoms with Gasteiger partial charge in [0.2, 0.25) is 0 Å². The predicted molar refractivity (Wildman–Crippen MR) is 88.7 cm³/mol. The van der Waals surface area contributed by atoms with E-state index in [1.165, 1.54) is 29.2 Å². The molecule has 0 amide bonds. The lowest BCUT2D eigenvalue weighted by Gasteiger charge is -2.31. The lowest BCUT2D eigenvalue weighted by atomic mass is 9.88. The zero-order valence-electron chi connectivity index (χ0n) is 12.8. The molecular weight excluding hydrogens is 258 g/mol. The SMILES string of the molecule is CCNC(Cc1ccc2ccccc2c1)C1CCCOC1. The molecule has 0 saturated carbocycles. The van der Waals surface area contributed by atoms with E-state index in [1.807, 2.05) is 0 Å². The maximum atomic E-state index is 5.68. The van der Waals surface area contributed by atoms with Crippen LogP contribution in [-0.4, -0.2) is 25.8 Å². The molecule has 21 heavy (non-hydrogen) atoms. The predicted octanol–water partition coefficient (Wildman–Crippen LogP) is 3.79. The molecule has 3 rings (SSSR count). The molecule has 2 aromatic carbocycles. The number of hydrogen-bond acceptors (Lipinski definition) is 2. The zero-order valence-corrected chi connectivity index (χ0v) is 12.8. The summed E-state index contributed by atoms with van der Waals surface area (Å²) in [5, 5.41) is 6.33. The second kappa shape index (κ2) is 7.06. The van der Waals surface area contributed by atoms with E-state index in [-0.39, 0.29) is 0 Å². The van der Waals surface area contributed by atoms with E-state index in [1.54, 1.807) is 0 Å². The molecule has 1 fully saturated rings. The summed E-state index contributed by atoms with van der Waals surface area (Å²) in [6, 6.07) is 16.0. The van der Waals surface area contributed by atoms with Crippen molar-refractivity contribution in [3.05, 3.63) is 48.0 Å². The number of hydrogen-bond donors (Lipinski definition) is 1. The largest absolute Gasteiger partial charge is 0.381 e. The molecule has 2 aromatic rings. The van der Waals surface area contributed by atoms with Crippen molar-refractivity contribution in [3.63, 3.8) is 0 Å². The fourth-order valence-electron chi connectivity index (χ4n) is 3.37. The maximum Gasteiger partial charge on any atom is 0.0509 e. The zero-order chi connectivity index (χ0) is 14.5. The summed E-state index contributed by atoms with van der Waals surface area (Å²) in [7, 11) is 0. The topological polar surface area (TPSA) is 21.3 Å². The summed E-state index contributed by atoms with van der Waals surface area (Å²) >= 11 is 0. The van der Waals surface area contributed by atoms with Gasteiger partial charge < -0.3 is 10.1 Å². The molecule has 2 nitrogen and oxygen atoms in total. The Morgan fingerprint density at radius 1 is 1.19 bits per heavy atom. The minimum atomic E-state index is 0.525. The Bertz CT molecular complexity index is 575. The first-order valence-corrected chi connectivity index (χ1v) is 8.15. The fourth-order valence-corrected chi connectivity index (χ4v) is 3.37. The van der Waals surface area contributed by atoms with Crippen molar-refractivity contribution in [2.75, 3.05) is 19.8 Å². The Labute approximate surface area is 127 Å². The van der Waals surface area contributed by atoms with Gasteiger partial charge in [-0.2, -0.15) is 0 Å². The summed E-state index contributed by atoms with van der Waals surface area (Å²) in [6.07, 6.45) is 3.57. The highest BCUT2D eigenvalue weighted by Crippen LogP contribution is 2.22. The summed E-state index contributed by atoms with van der Waals surface area (Å²) in [4.78, 5) is 0. The van der Waals surface area contributed by atoms with E-state index in [4.69, 9.17) is 4.74 Å². The van der Waals surface area contributed by atoms with Crippen LogP contribution in [0.4, 0.5) is 0 Å². The van der Waals surface area contributed by atoms with Gasteiger partial charge in [-0.3, -0.25) is 0 Å². The second-order valence-corrected chi connectivity index (χ2v) is 6.03. The van der Waals surface area contributed by atoms with Gasteiger partial charge in [-0.15, -0.1) is 0 Å². The molecule has 0 aliphatic carbocycles. The molecule has 0 spiro atoms. The Hall–Kier alpha value is -1.38. The van der Waals surface area contributed by atoms with E-state index >= 15 is 0 Å². The van der Waals surface area contributed by atoms with E-state index in [9.17, 15) is 0 Å².